The molecule has 2 heteroatoms. The van der Waals surface area contributed by atoms with Crippen LogP contribution in [0.1, 0.15) is 51.9 Å². The van der Waals surface area contributed by atoms with Gasteiger partial charge < -0.3 is 5.11 Å². The van der Waals surface area contributed by atoms with Crippen LogP contribution in [0.15, 0.2) is 24.8 Å². The number of carboxylic acid groups (broad SMARTS) is 1. The van der Waals surface area contributed by atoms with Gasteiger partial charge in [0.05, 0.1) is 0 Å². The van der Waals surface area contributed by atoms with Crippen molar-refractivity contribution in [1.82, 2.24) is 0 Å². The van der Waals surface area contributed by atoms with Gasteiger partial charge in [-0.05, 0) is 25.2 Å². The van der Waals surface area contributed by atoms with Gasteiger partial charge in [-0.2, -0.15) is 0 Å². The highest BCUT2D eigenvalue weighted by atomic mass is 16.4. The molecule has 0 aromatic rings. The van der Waals surface area contributed by atoms with Gasteiger partial charge in [0.15, 0.2) is 0 Å². The zero-order chi connectivity index (χ0) is 12.2. The first-order chi connectivity index (χ1) is 7.70. The minimum absolute atomic E-state index is 0.330. The predicted octanol–water partition coefficient (Wildman–Crippen LogP) is 4.18. The third kappa shape index (κ3) is 9.50. The number of aliphatic carboxylic acids is 1. The Kier molecular flexibility index (Phi) is 9.78. The molecule has 0 radical (unpaired) electrons. The van der Waals surface area contributed by atoms with Gasteiger partial charge in [-0.25, -0.2) is 0 Å². The van der Waals surface area contributed by atoms with E-state index >= 15 is 0 Å². The van der Waals surface area contributed by atoms with E-state index in [2.05, 4.69) is 19.6 Å². The average molecular weight is 224 g/mol. The molecule has 0 fully saturated rings. The van der Waals surface area contributed by atoms with Gasteiger partial charge in [-0.15, -0.1) is 0 Å². The van der Waals surface area contributed by atoms with Crippen molar-refractivity contribution >= 4 is 5.97 Å². The fraction of sp³-hybridized carbons (Fsp3) is 0.643. The maximum absolute atomic E-state index is 10.6. The summed E-state index contributed by atoms with van der Waals surface area (Å²) in [6, 6.07) is 0. The van der Waals surface area contributed by atoms with E-state index < -0.39 is 5.97 Å². The van der Waals surface area contributed by atoms with Crippen molar-refractivity contribution in [3.05, 3.63) is 24.8 Å². The zero-order valence-electron chi connectivity index (χ0n) is 10.3. The molecule has 1 unspecified atom stereocenters. The largest absolute Gasteiger partial charge is 0.481 e. The van der Waals surface area contributed by atoms with Crippen LogP contribution in [-0.2, 0) is 4.79 Å². The van der Waals surface area contributed by atoms with Crippen molar-refractivity contribution in [1.29, 1.82) is 0 Å². The Morgan fingerprint density at radius 1 is 1.38 bits per heavy atom. The Morgan fingerprint density at radius 2 is 2.12 bits per heavy atom. The molecule has 0 aliphatic carbocycles. The van der Waals surface area contributed by atoms with Crippen LogP contribution in [0.5, 0.6) is 0 Å². The van der Waals surface area contributed by atoms with E-state index in [9.17, 15) is 4.79 Å². The SMILES string of the molecule is C=CC=CCCCCC(CCC)CC(=O)O. The summed E-state index contributed by atoms with van der Waals surface area (Å²) in [7, 11) is 0. The quantitative estimate of drug-likeness (QED) is 0.446. The molecule has 0 aliphatic rings. The fourth-order valence-corrected chi connectivity index (χ4v) is 1.89. The van der Waals surface area contributed by atoms with E-state index in [1.807, 2.05) is 6.08 Å². The molecular formula is C14H24O2. The highest BCUT2D eigenvalue weighted by Gasteiger charge is 2.11. The minimum Gasteiger partial charge on any atom is -0.481 e. The summed E-state index contributed by atoms with van der Waals surface area (Å²) in [6.45, 7) is 5.72. The fourth-order valence-electron chi connectivity index (χ4n) is 1.89. The van der Waals surface area contributed by atoms with Crippen molar-refractivity contribution < 1.29 is 9.90 Å². The van der Waals surface area contributed by atoms with Crippen molar-refractivity contribution in [3.63, 3.8) is 0 Å². The molecule has 0 aromatic carbocycles. The molecule has 16 heavy (non-hydrogen) atoms. The standard InChI is InChI=1S/C14H24O2/c1-3-5-6-7-8-9-11-13(10-4-2)12-14(15)16/h3,5-6,13H,1,4,7-12H2,2H3,(H,15,16). The highest BCUT2D eigenvalue weighted by Crippen LogP contribution is 2.19. The second kappa shape index (κ2) is 10.5. The first kappa shape index (κ1) is 14.9. The van der Waals surface area contributed by atoms with Crippen LogP contribution in [-0.4, -0.2) is 11.1 Å². The van der Waals surface area contributed by atoms with E-state index in [0.717, 1.165) is 38.5 Å². The summed E-state index contributed by atoms with van der Waals surface area (Å²) in [4.78, 5) is 10.6. The number of carbonyl (C=O) groups is 1. The Morgan fingerprint density at radius 3 is 2.69 bits per heavy atom. The zero-order valence-corrected chi connectivity index (χ0v) is 10.3. The van der Waals surface area contributed by atoms with Gasteiger partial charge in [-0.3, -0.25) is 4.79 Å². The molecule has 0 saturated carbocycles. The lowest BCUT2D eigenvalue weighted by atomic mass is 9.93. The maximum atomic E-state index is 10.6. The van der Waals surface area contributed by atoms with Gasteiger partial charge in [0, 0.05) is 6.42 Å². The van der Waals surface area contributed by atoms with Gasteiger partial charge >= 0.3 is 5.97 Å². The van der Waals surface area contributed by atoms with Gasteiger partial charge in [-0.1, -0.05) is 51.0 Å². The number of hydrogen-bond acceptors (Lipinski definition) is 1. The van der Waals surface area contributed by atoms with Crippen LogP contribution in [0, 0.1) is 5.92 Å². The molecule has 0 heterocycles. The smallest absolute Gasteiger partial charge is 0.303 e. The van der Waals surface area contributed by atoms with Gasteiger partial charge in [0.1, 0.15) is 0 Å². The Balaban J connectivity index is 3.62. The number of carboxylic acids is 1. The molecular weight excluding hydrogens is 200 g/mol. The third-order valence-corrected chi connectivity index (χ3v) is 2.67. The molecule has 0 spiro atoms. The molecule has 0 rings (SSSR count). The summed E-state index contributed by atoms with van der Waals surface area (Å²) in [5.41, 5.74) is 0. The highest BCUT2D eigenvalue weighted by molar-refractivity contribution is 5.66. The van der Waals surface area contributed by atoms with E-state index in [1.54, 1.807) is 6.08 Å². The average Bonchev–Trinajstić information content (AvgIpc) is 2.22. The lowest BCUT2D eigenvalue weighted by molar-refractivity contribution is -0.138. The van der Waals surface area contributed by atoms with Crippen LogP contribution in [0.25, 0.3) is 0 Å². The number of allylic oxidation sites excluding steroid dienone is 3. The maximum Gasteiger partial charge on any atom is 0.303 e. The molecule has 0 bridgehead atoms. The second-order valence-electron chi connectivity index (χ2n) is 4.20. The van der Waals surface area contributed by atoms with Crippen LogP contribution < -0.4 is 0 Å². The Labute approximate surface area is 99.1 Å². The van der Waals surface area contributed by atoms with Crippen molar-refractivity contribution in [3.8, 4) is 0 Å². The molecule has 1 N–H and O–H groups in total. The van der Waals surface area contributed by atoms with Crippen LogP contribution in [0.4, 0.5) is 0 Å². The lowest BCUT2D eigenvalue weighted by Crippen LogP contribution is -2.07. The molecule has 0 aromatic heterocycles. The summed E-state index contributed by atoms with van der Waals surface area (Å²) in [5, 5.41) is 8.76. The van der Waals surface area contributed by atoms with Crippen LogP contribution >= 0.6 is 0 Å². The topological polar surface area (TPSA) is 37.3 Å². The predicted molar refractivity (Wildman–Crippen MR) is 68.5 cm³/mol. The Bertz CT molecular complexity index is 219. The van der Waals surface area contributed by atoms with Crippen molar-refractivity contribution in [2.24, 2.45) is 5.92 Å². The van der Waals surface area contributed by atoms with E-state index in [0.29, 0.717) is 12.3 Å². The molecule has 1 atom stereocenters. The monoisotopic (exact) mass is 224 g/mol. The normalized spacial score (nSPS) is 12.8. The van der Waals surface area contributed by atoms with Crippen LogP contribution in [0.2, 0.25) is 0 Å². The van der Waals surface area contributed by atoms with Crippen LogP contribution in [0.3, 0.4) is 0 Å². The van der Waals surface area contributed by atoms with Crippen molar-refractivity contribution in [2.45, 2.75) is 51.9 Å². The van der Waals surface area contributed by atoms with E-state index in [1.165, 1.54) is 0 Å². The van der Waals surface area contributed by atoms with E-state index in [4.69, 9.17) is 5.11 Å². The number of rotatable bonds is 10. The van der Waals surface area contributed by atoms with Gasteiger partial charge in [0.25, 0.3) is 0 Å². The Hall–Kier alpha value is -1.05. The molecule has 0 saturated heterocycles. The first-order valence-corrected chi connectivity index (χ1v) is 6.20. The number of unbranched alkanes of at least 4 members (excludes halogenated alkanes) is 2. The number of hydrogen-bond donors (Lipinski definition) is 1. The third-order valence-electron chi connectivity index (χ3n) is 2.67. The molecule has 92 valence electrons. The second-order valence-corrected chi connectivity index (χ2v) is 4.20. The summed E-state index contributed by atoms with van der Waals surface area (Å²) in [6.07, 6.45) is 12.7. The molecule has 2 nitrogen and oxygen atoms in total. The minimum atomic E-state index is -0.662. The van der Waals surface area contributed by atoms with E-state index in [-0.39, 0.29) is 0 Å². The summed E-state index contributed by atoms with van der Waals surface area (Å²) in [5.74, 6) is -0.295. The molecule has 0 amide bonds. The van der Waals surface area contributed by atoms with Crippen molar-refractivity contribution in [2.75, 3.05) is 0 Å². The summed E-state index contributed by atoms with van der Waals surface area (Å²) < 4.78 is 0. The lowest BCUT2D eigenvalue weighted by Gasteiger charge is -2.12. The van der Waals surface area contributed by atoms with Gasteiger partial charge in [0.2, 0.25) is 0 Å². The first-order valence-electron chi connectivity index (χ1n) is 6.20. The molecule has 0 aliphatic heterocycles. The summed E-state index contributed by atoms with van der Waals surface area (Å²) >= 11 is 0.